The average molecular weight is 160 g/mol. The molecule has 0 atom stereocenters. The van der Waals surface area contributed by atoms with Gasteiger partial charge in [0.05, 0.1) is 11.5 Å². The summed E-state index contributed by atoms with van der Waals surface area (Å²) in [6.45, 7) is 3.13. The van der Waals surface area contributed by atoms with E-state index >= 15 is 0 Å². The normalized spacial score (nSPS) is 8.60. The number of carbonyl (C=O) groups excluding carboxylic acids is 1. The van der Waals surface area contributed by atoms with Crippen molar-refractivity contribution in [3.05, 3.63) is 0 Å². The molecule has 0 saturated heterocycles. The Labute approximate surface area is 66.4 Å². The van der Waals surface area contributed by atoms with Gasteiger partial charge in [0.2, 0.25) is 6.41 Å². The zero-order valence-corrected chi connectivity index (χ0v) is 7.07. The Bertz CT molecular complexity index is 127. The van der Waals surface area contributed by atoms with Crippen LogP contribution >= 0.6 is 12.2 Å². The van der Waals surface area contributed by atoms with Crippen LogP contribution in [0.15, 0.2) is 0 Å². The van der Waals surface area contributed by atoms with E-state index in [0.29, 0.717) is 18.1 Å². The van der Waals surface area contributed by atoms with Gasteiger partial charge in [0, 0.05) is 13.6 Å². The van der Waals surface area contributed by atoms with E-state index in [0.717, 1.165) is 6.41 Å². The first-order valence-electron chi connectivity index (χ1n) is 3.14. The molecular formula is C6H12N2OS. The summed E-state index contributed by atoms with van der Waals surface area (Å²) in [5.41, 5.74) is 0. The van der Waals surface area contributed by atoms with Crippen molar-refractivity contribution in [1.29, 1.82) is 0 Å². The maximum Gasteiger partial charge on any atom is 0.210 e. The fraction of sp³-hybridized carbons (Fsp3) is 0.667. The van der Waals surface area contributed by atoms with Gasteiger partial charge in [-0.15, -0.1) is 0 Å². The molecule has 0 rings (SSSR count). The molecule has 3 nitrogen and oxygen atoms in total. The highest BCUT2D eigenvalue weighted by molar-refractivity contribution is 7.80. The summed E-state index contributed by atoms with van der Waals surface area (Å²) in [4.78, 5) is 12.5. The zero-order chi connectivity index (χ0) is 7.98. The smallest absolute Gasteiger partial charge is 0.210 e. The van der Waals surface area contributed by atoms with Crippen molar-refractivity contribution in [2.75, 3.05) is 20.1 Å². The molecule has 0 bridgehead atoms. The van der Waals surface area contributed by atoms with Gasteiger partial charge in [-0.2, -0.15) is 0 Å². The summed E-state index contributed by atoms with van der Waals surface area (Å²) in [6.07, 6.45) is 0.795. The monoisotopic (exact) mass is 160 g/mol. The van der Waals surface area contributed by atoms with E-state index in [1.807, 2.05) is 6.92 Å². The Kier molecular flexibility index (Phi) is 4.84. The molecule has 10 heavy (non-hydrogen) atoms. The Hall–Kier alpha value is -0.640. The Balaban J connectivity index is 3.62. The molecular weight excluding hydrogens is 148 g/mol. The highest BCUT2D eigenvalue weighted by Gasteiger charge is 1.99. The fourth-order valence-electron chi connectivity index (χ4n) is 0.487. The van der Waals surface area contributed by atoms with Gasteiger partial charge in [0.15, 0.2) is 0 Å². The number of amides is 1. The second kappa shape index (κ2) is 5.17. The highest BCUT2D eigenvalue weighted by atomic mass is 32.1. The van der Waals surface area contributed by atoms with Gasteiger partial charge in [-0.05, 0) is 6.92 Å². The standard InChI is InChI=1S/C6H12N2OS/c1-3-8(5-9)4-6(10)7-2/h5H,3-4H2,1-2H3,(H,7,10). The first-order valence-corrected chi connectivity index (χ1v) is 3.55. The molecule has 0 heterocycles. The van der Waals surface area contributed by atoms with Gasteiger partial charge in [0.1, 0.15) is 0 Å². The van der Waals surface area contributed by atoms with Crippen LogP contribution < -0.4 is 5.32 Å². The minimum atomic E-state index is 0.520. The second-order valence-corrected chi connectivity index (χ2v) is 2.33. The van der Waals surface area contributed by atoms with E-state index in [2.05, 4.69) is 5.32 Å². The lowest BCUT2D eigenvalue weighted by atomic mass is 10.5. The molecule has 1 amide bonds. The van der Waals surface area contributed by atoms with Crippen molar-refractivity contribution in [3.63, 3.8) is 0 Å². The third kappa shape index (κ3) is 3.40. The lowest BCUT2D eigenvalue weighted by molar-refractivity contribution is -0.117. The molecule has 0 aliphatic heterocycles. The molecule has 0 aromatic carbocycles. The number of hydrogen-bond acceptors (Lipinski definition) is 2. The average Bonchev–Trinajstić information content (AvgIpc) is 1.99. The van der Waals surface area contributed by atoms with Crippen molar-refractivity contribution < 1.29 is 4.79 Å². The lowest BCUT2D eigenvalue weighted by Gasteiger charge is -2.14. The summed E-state index contributed by atoms with van der Waals surface area (Å²) < 4.78 is 0. The molecule has 0 fully saturated rings. The van der Waals surface area contributed by atoms with Crippen LogP contribution in [0.25, 0.3) is 0 Å². The molecule has 0 aromatic heterocycles. The van der Waals surface area contributed by atoms with E-state index < -0.39 is 0 Å². The van der Waals surface area contributed by atoms with Crippen LogP contribution in [0.5, 0.6) is 0 Å². The van der Waals surface area contributed by atoms with Crippen LogP contribution in [0.1, 0.15) is 6.92 Å². The number of likely N-dealkylation sites (N-methyl/N-ethyl adjacent to an activating group) is 2. The van der Waals surface area contributed by atoms with Gasteiger partial charge in [-0.25, -0.2) is 0 Å². The summed E-state index contributed by atoms with van der Waals surface area (Å²) in [5, 5.41) is 2.79. The first kappa shape index (κ1) is 9.36. The second-order valence-electron chi connectivity index (χ2n) is 1.84. The predicted molar refractivity (Wildman–Crippen MR) is 45.0 cm³/mol. The van der Waals surface area contributed by atoms with Crippen LogP contribution in [-0.2, 0) is 4.79 Å². The number of hydrogen-bond donors (Lipinski definition) is 1. The minimum absolute atomic E-state index is 0.520. The van der Waals surface area contributed by atoms with E-state index in [4.69, 9.17) is 12.2 Å². The zero-order valence-electron chi connectivity index (χ0n) is 6.26. The van der Waals surface area contributed by atoms with Crippen LogP contribution in [0.3, 0.4) is 0 Å². The topological polar surface area (TPSA) is 32.3 Å². The number of nitrogens with zero attached hydrogens (tertiary/aromatic N) is 1. The molecule has 1 N–H and O–H groups in total. The maximum atomic E-state index is 10.2. The lowest BCUT2D eigenvalue weighted by Crippen LogP contribution is -2.33. The number of carbonyl (C=O) groups is 1. The van der Waals surface area contributed by atoms with Gasteiger partial charge < -0.3 is 10.2 Å². The van der Waals surface area contributed by atoms with Gasteiger partial charge >= 0.3 is 0 Å². The van der Waals surface area contributed by atoms with Crippen LogP contribution in [0.4, 0.5) is 0 Å². The van der Waals surface area contributed by atoms with Crippen molar-refractivity contribution in [2.45, 2.75) is 6.92 Å². The van der Waals surface area contributed by atoms with E-state index in [1.54, 1.807) is 11.9 Å². The Morgan fingerprint density at radius 3 is 2.70 bits per heavy atom. The van der Waals surface area contributed by atoms with Crippen LogP contribution in [0.2, 0.25) is 0 Å². The van der Waals surface area contributed by atoms with Crippen LogP contribution in [0, 0.1) is 0 Å². The first-order chi connectivity index (χ1) is 4.74. The van der Waals surface area contributed by atoms with Crippen LogP contribution in [-0.4, -0.2) is 36.4 Å². The molecule has 0 radical (unpaired) electrons. The Morgan fingerprint density at radius 2 is 2.40 bits per heavy atom. The van der Waals surface area contributed by atoms with Crippen molar-refractivity contribution >= 4 is 23.6 Å². The quantitative estimate of drug-likeness (QED) is 0.464. The van der Waals surface area contributed by atoms with Crippen molar-refractivity contribution in [2.24, 2.45) is 0 Å². The van der Waals surface area contributed by atoms with Crippen molar-refractivity contribution in [3.8, 4) is 0 Å². The number of nitrogens with one attached hydrogen (secondary N) is 1. The molecule has 58 valence electrons. The SMILES string of the molecule is CCN(C=O)CC(=S)NC. The summed E-state index contributed by atoms with van der Waals surface area (Å²) in [7, 11) is 1.75. The number of thiocarbonyl (C=S) groups is 1. The van der Waals surface area contributed by atoms with E-state index in [-0.39, 0.29) is 0 Å². The molecule has 0 unspecified atom stereocenters. The predicted octanol–water partition coefficient (Wildman–Crippen LogP) is 0.0115. The molecule has 0 saturated carbocycles. The largest absolute Gasteiger partial charge is 0.381 e. The highest BCUT2D eigenvalue weighted by Crippen LogP contribution is 1.81. The fourth-order valence-corrected chi connectivity index (χ4v) is 0.653. The molecule has 0 spiro atoms. The molecule has 0 aliphatic rings. The Morgan fingerprint density at radius 1 is 1.80 bits per heavy atom. The van der Waals surface area contributed by atoms with Gasteiger partial charge in [-0.3, -0.25) is 4.79 Å². The third-order valence-electron chi connectivity index (χ3n) is 1.18. The van der Waals surface area contributed by atoms with Gasteiger partial charge in [-0.1, -0.05) is 12.2 Å². The minimum Gasteiger partial charge on any atom is -0.381 e. The summed E-state index contributed by atoms with van der Waals surface area (Å²) >= 11 is 4.85. The molecule has 0 aromatic rings. The third-order valence-corrected chi connectivity index (χ3v) is 1.51. The van der Waals surface area contributed by atoms with E-state index in [1.165, 1.54) is 0 Å². The number of rotatable bonds is 4. The molecule has 0 aliphatic carbocycles. The molecule has 4 heteroatoms. The van der Waals surface area contributed by atoms with Crippen molar-refractivity contribution in [1.82, 2.24) is 10.2 Å². The maximum absolute atomic E-state index is 10.2. The van der Waals surface area contributed by atoms with Gasteiger partial charge in [0.25, 0.3) is 0 Å². The van der Waals surface area contributed by atoms with E-state index in [9.17, 15) is 4.79 Å². The summed E-state index contributed by atoms with van der Waals surface area (Å²) in [6, 6.07) is 0. The summed E-state index contributed by atoms with van der Waals surface area (Å²) in [5.74, 6) is 0.